The molecule has 5 nitrogen and oxygen atoms in total. The molecule has 0 aliphatic carbocycles. The quantitative estimate of drug-likeness (QED) is 0.209. The molecule has 2 N–H and O–H groups in total. The molecular formula is C35H26F2N2O3. The number of rotatable bonds is 7. The van der Waals surface area contributed by atoms with E-state index in [0.717, 1.165) is 38.7 Å². The highest BCUT2D eigenvalue weighted by Crippen LogP contribution is 2.28. The predicted octanol–water partition coefficient (Wildman–Crippen LogP) is 7.82. The third-order valence-electron chi connectivity index (χ3n) is 7.53. The summed E-state index contributed by atoms with van der Waals surface area (Å²) in [5, 5.41) is 14.0. The average Bonchev–Trinajstić information content (AvgIpc) is 3.40. The van der Waals surface area contributed by atoms with Gasteiger partial charge in [0.05, 0.1) is 11.6 Å². The molecule has 0 saturated heterocycles. The number of pyridine rings is 1. The van der Waals surface area contributed by atoms with Crippen LogP contribution in [0.25, 0.3) is 27.4 Å². The fourth-order valence-electron chi connectivity index (χ4n) is 5.29. The van der Waals surface area contributed by atoms with E-state index in [9.17, 15) is 19.1 Å². The number of hydrogen-bond acceptors (Lipinski definition) is 2. The summed E-state index contributed by atoms with van der Waals surface area (Å²) in [6.45, 7) is 1.82. The topological polar surface area (TPSA) is 70.8 Å². The SMILES string of the molecule is C[C@H](NC(=O)c1cc(-c2ccc(F)cc2)cc2ccc(Cc3cc4ccccc4cc3F)n12)c1ccc(C(=O)O)cc1. The van der Waals surface area contributed by atoms with Crippen LogP contribution in [0, 0.1) is 11.6 Å². The van der Waals surface area contributed by atoms with Crippen molar-refractivity contribution < 1.29 is 23.5 Å². The van der Waals surface area contributed by atoms with Crippen LogP contribution in [-0.2, 0) is 6.42 Å². The monoisotopic (exact) mass is 560 g/mol. The minimum Gasteiger partial charge on any atom is -0.478 e. The van der Waals surface area contributed by atoms with E-state index in [2.05, 4.69) is 5.32 Å². The molecule has 0 bridgehead atoms. The summed E-state index contributed by atoms with van der Waals surface area (Å²) in [6, 6.07) is 30.3. The Morgan fingerprint density at radius 3 is 2.19 bits per heavy atom. The Morgan fingerprint density at radius 1 is 0.810 bits per heavy atom. The highest BCUT2D eigenvalue weighted by atomic mass is 19.1. The first-order valence-corrected chi connectivity index (χ1v) is 13.5. The Hall–Kier alpha value is -5.30. The first-order chi connectivity index (χ1) is 20.3. The van der Waals surface area contributed by atoms with Crippen LogP contribution in [0.3, 0.4) is 0 Å². The molecule has 6 aromatic rings. The summed E-state index contributed by atoms with van der Waals surface area (Å²) in [6.07, 6.45) is 0.257. The van der Waals surface area contributed by atoms with E-state index in [-0.39, 0.29) is 29.5 Å². The molecule has 0 aliphatic rings. The van der Waals surface area contributed by atoms with Crippen molar-refractivity contribution in [2.75, 3.05) is 0 Å². The standard InChI is InChI=1S/C35H26F2N2O3/c1-21(22-6-8-24(9-7-22)35(41)42)38-34(40)33-20-27(23-10-12-29(36)13-11-23)17-30-14-15-31(39(30)33)18-28-16-25-4-2-3-5-26(25)19-32(28)37/h2-17,19-21H,18H2,1H3,(H,38,40)(H,41,42)/t21-/m0/s1. The van der Waals surface area contributed by atoms with Gasteiger partial charge in [-0.3, -0.25) is 4.79 Å². The van der Waals surface area contributed by atoms with Gasteiger partial charge < -0.3 is 14.8 Å². The lowest BCUT2D eigenvalue weighted by molar-refractivity contribution is 0.0696. The Labute approximate surface area is 240 Å². The van der Waals surface area contributed by atoms with Gasteiger partial charge in [0, 0.05) is 17.6 Å². The zero-order chi connectivity index (χ0) is 29.4. The number of aromatic carboxylic acids is 1. The molecule has 208 valence electrons. The Balaban J connectivity index is 1.41. The van der Waals surface area contributed by atoms with Gasteiger partial charge >= 0.3 is 5.97 Å². The smallest absolute Gasteiger partial charge is 0.335 e. The molecule has 2 aromatic heterocycles. The van der Waals surface area contributed by atoms with Gasteiger partial charge in [0.2, 0.25) is 0 Å². The molecule has 0 fully saturated rings. The second-order valence-electron chi connectivity index (χ2n) is 10.3. The Morgan fingerprint density at radius 2 is 1.50 bits per heavy atom. The third kappa shape index (κ3) is 5.24. The number of carboxylic acid groups (broad SMARTS) is 1. The van der Waals surface area contributed by atoms with Crippen LogP contribution in [0.5, 0.6) is 0 Å². The van der Waals surface area contributed by atoms with Crippen LogP contribution in [0.2, 0.25) is 0 Å². The van der Waals surface area contributed by atoms with E-state index in [4.69, 9.17) is 0 Å². The molecule has 2 heterocycles. The van der Waals surface area contributed by atoms with Gasteiger partial charge in [-0.05, 0) is 101 Å². The number of nitrogens with one attached hydrogen (secondary N) is 1. The minimum atomic E-state index is -1.03. The van der Waals surface area contributed by atoms with Crippen LogP contribution < -0.4 is 5.32 Å². The largest absolute Gasteiger partial charge is 0.478 e. The first kappa shape index (κ1) is 26.9. The first-order valence-electron chi connectivity index (χ1n) is 13.5. The molecule has 6 rings (SSSR count). The molecule has 0 saturated carbocycles. The lowest BCUT2D eigenvalue weighted by Crippen LogP contribution is -2.28. The molecular weight excluding hydrogens is 534 g/mol. The number of aromatic nitrogens is 1. The number of carbonyl (C=O) groups excluding carboxylic acids is 1. The molecule has 4 aromatic carbocycles. The van der Waals surface area contributed by atoms with Gasteiger partial charge in [-0.1, -0.05) is 48.5 Å². The number of carboxylic acids is 1. The number of nitrogens with zero attached hydrogens (tertiary/aromatic N) is 1. The zero-order valence-corrected chi connectivity index (χ0v) is 22.6. The lowest BCUT2D eigenvalue weighted by atomic mass is 10.0. The van der Waals surface area contributed by atoms with Crippen LogP contribution >= 0.6 is 0 Å². The van der Waals surface area contributed by atoms with Crippen molar-refractivity contribution in [2.45, 2.75) is 19.4 Å². The van der Waals surface area contributed by atoms with E-state index in [1.165, 1.54) is 30.3 Å². The van der Waals surface area contributed by atoms with E-state index >= 15 is 4.39 Å². The second kappa shape index (κ2) is 10.9. The molecule has 42 heavy (non-hydrogen) atoms. The van der Waals surface area contributed by atoms with E-state index in [0.29, 0.717) is 11.3 Å². The second-order valence-corrected chi connectivity index (χ2v) is 10.3. The van der Waals surface area contributed by atoms with Crippen LogP contribution in [-0.4, -0.2) is 21.4 Å². The Bertz CT molecular complexity index is 1960. The van der Waals surface area contributed by atoms with Crippen molar-refractivity contribution in [3.63, 3.8) is 0 Å². The lowest BCUT2D eigenvalue weighted by Gasteiger charge is -2.18. The van der Waals surface area contributed by atoms with Gasteiger partial charge in [0.15, 0.2) is 0 Å². The predicted molar refractivity (Wildman–Crippen MR) is 159 cm³/mol. The number of fused-ring (bicyclic) bond motifs is 2. The summed E-state index contributed by atoms with van der Waals surface area (Å²) in [7, 11) is 0. The van der Waals surface area contributed by atoms with Crippen molar-refractivity contribution in [2.24, 2.45) is 0 Å². The molecule has 0 unspecified atom stereocenters. The molecule has 0 radical (unpaired) electrons. The van der Waals surface area contributed by atoms with Crippen molar-refractivity contribution in [1.29, 1.82) is 0 Å². The fraction of sp³-hybridized carbons (Fsp3) is 0.0857. The van der Waals surface area contributed by atoms with Crippen molar-refractivity contribution in [3.05, 3.63) is 149 Å². The number of benzene rings is 4. The van der Waals surface area contributed by atoms with Crippen molar-refractivity contribution in [1.82, 2.24) is 9.72 Å². The van der Waals surface area contributed by atoms with E-state index < -0.39 is 12.0 Å². The number of amides is 1. The number of carbonyl (C=O) groups is 2. The van der Waals surface area contributed by atoms with E-state index in [1.54, 1.807) is 30.3 Å². The van der Waals surface area contributed by atoms with Crippen molar-refractivity contribution >= 4 is 28.2 Å². The average molecular weight is 561 g/mol. The third-order valence-corrected chi connectivity index (χ3v) is 7.53. The maximum absolute atomic E-state index is 15.2. The number of halogens is 2. The van der Waals surface area contributed by atoms with Crippen LogP contribution in [0.15, 0.2) is 109 Å². The van der Waals surface area contributed by atoms with Gasteiger partial charge in [-0.2, -0.15) is 0 Å². The maximum atomic E-state index is 15.2. The van der Waals surface area contributed by atoms with E-state index in [1.807, 2.05) is 59.9 Å². The minimum absolute atomic E-state index is 0.156. The van der Waals surface area contributed by atoms with Crippen LogP contribution in [0.1, 0.15) is 50.6 Å². The van der Waals surface area contributed by atoms with Crippen molar-refractivity contribution in [3.8, 4) is 11.1 Å². The van der Waals surface area contributed by atoms with Gasteiger partial charge in [-0.25, -0.2) is 13.6 Å². The summed E-state index contributed by atoms with van der Waals surface area (Å²) < 4.78 is 30.6. The van der Waals surface area contributed by atoms with Crippen LogP contribution in [0.4, 0.5) is 8.78 Å². The molecule has 1 amide bonds. The highest BCUT2D eigenvalue weighted by Gasteiger charge is 2.19. The summed E-state index contributed by atoms with van der Waals surface area (Å²) in [5.74, 6) is -2.07. The van der Waals surface area contributed by atoms with Gasteiger partial charge in [-0.15, -0.1) is 0 Å². The normalized spacial score (nSPS) is 12.0. The zero-order valence-electron chi connectivity index (χ0n) is 22.6. The maximum Gasteiger partial charge on any atom is 0.335 e. The molecule has 0 aliphatic heterocycles. The number of hydrogen-bond donors (Lipinski definition) is 2. The summed E-state index contributed by atoms with van der Waals surface area (Å²) in [4.78, 5) is 25.1. The fourth-order valence-corrected chi connectivity index (χ4v) is 5.29. The molecule has 1 atom stereocenters. The Kier molecular flexibility index (Phi) is 7.00. The van der Waals surface area contributed by atoms with Gasteiger partial charge in [0.25, 0.3) is 5.91 Å². The highest BCUT2D eigenvalue weighted by molar-refractivity contribution is 5.96. The van der Waals surface area contributed by atoms with Gasteiger partial charge in [0.1, 0.15) is 17.3 Å². The molecule has 0 spiro atoms. The summed E-state index contributed by atoms with van der Waals surface area (Å²) in [5.41, 5.74) is 4.68. The summed E-state index contributed by atoms with van der Waals surface area (Å²) >= 11 is 0. The molecule has 7 heteroatoms.